The lowest BCUT2D eigenvalue weighted by atomic mass is 9.97. The number of rotatable bonds is 21. The highest BCUT2D eigenvalue weighted by atomic mass is 15.3. The number of aromatic nitrogens is 4. The van der Waals surface area contributed by atoms with E-state index in [0.29, 0.717) is 35.5 Å². The Hall–Kier alpha value is -6.34. The van der Waals surface area contributed by atoms with Crippen LogP contribution in [0.25, 0.3) is 0 Å². The molecule has 0 N–H and O–H groups in total. The van der Waals surface area contributed by atoms with Crippen molar-refractivity contribution in [3.63, 3.8) is 0 Å². The van der Waals surface area contributed by atoms with Gasteiger partial charge in [-0.1, -0.05) is 119 Å². The van der Waals surface area contributed by atoms with Crippen molar-refractivity contribution >= 4 is 51.8 Å². The Morgan fingerprint density at radius 2 is 0.580 bits per heavy atom. The van der Waals surface area contributed by atoms with E-state index in [1.165, 1.54) is 33.4 Å². The molecule has 0 amide bonds. The fourth-order valence-corrected chi connectivity index (χ4v) is 8.94. The van der Waals surface area contributed by atoms with Crippen molar-refractivity contribution in [2.75, 3.05) is 14.7 Å². The molecule has 0 aliphatic carbocycles. The molecule has 7 aromatic rings. The average molecular weight is 920 g/mol. The van der Waals surface area contributed by atoms with Crippen LogP contribution < -0.4 is 14.7 Å². The maximum Gasteiger partial charge on any atom is 0.143 e. The van der Waals surface area contributed by atoms with Gasteiger partial charge in [0.1, 0.15) is 29.1 Å². The fraction of sp³-hybridized carbons (Fsp3) is 0.387. The highest BCUT2D eigenvalue weighted by Crippen LogP contribution is 2.45. The molecule has 0 radical (unpaired) electrons. The van der Waals surface area contributed by atoms with Gasteiger partial charge in [0.2, 0.25) is 0 Å². The first-order chi connectivity index (χ1) is 33.4. The van der Waals surface area contributed by atoms with Gasteiger partial charge in [-0.05, 0) is 180 Å². The SMILES string of the molecule is CCC(C)c1cccc(N(c2cc(N(c3cccc(C(C)CC)c3)c3cc(C(C)CC)ccn3)nc(N(c3cccc(C(C)CC)c3)c3cc(C(C)CC)ccn3)c2)c2cc(C(C)CC)ccn2)c1. The van der Waals surface area contributed by atoms with Gasteiger partial charge in [-0.15, -0.1) is 0 Å². The van der Waals surface area contributed by atoms with Crippen LogP contribution >= 0.6 is 0 Å². The topological polar surface area (TPSA) is 61.3 Å². The molecule has 3 aromatic carbocycles. The van der Waals surface area contributed by atoms with Crippen LogP contribution in [0.3, 0.4) is 0 Å². The van der Waals surface area contributed by atoms with E-state index in [1.807, 2.05) is 18.6 Å². The summed E-state index contributed by atoms with van der Waals surface area (Å²) >= 11 is 0. The molecule has 6 unspecified atom stereocenters. The lowest BCUT2D eigenvalue weighted by Gasteiger charge is -2.32. The van der Waals surface area contributed by atoms with E-state index >= 15 is 0 Å². The van der Waals surface area contributed by atoms with Gasteiger partial charge in [0.05, 0.1) is 5.69 Å². The van der Waals surface area contributed by atoms with Gasteiger partial charge in [0.15, 0.2) is 0 Å². The summed E-state index contributed by atoms with van der Waals surface area (Å²) in [5.74, 6) is 6.13. The van der Waals surface area contributed by atoms with Gasteiger partial charge in [-0.2, -0.15) is 0 Å². The molecule has 0 spiro atoms. The summed E-state index contributed by atoms with van der Waals surface area (Å²) in [5.41, 5.74) is 11.5. The second kappa shape index (κ2) is 23.3. The molecule has 7 heteroatoms. The zero-order chi connectivity index (χ0) is 49.2. The number of pyridine rings is 4. The van der Waals surface area contributed by atoms with Crippen molar-refractivity contribution < 1.29 is 0 Å². The molecule has 360 valence electrons. The lowest BCUT2D eigenvalue weighted by molar-refractivity contribution is 0.731. The van der Waals surface area contributed by atoms with E-state index in [4.69, 9.17) is 19.9 Å². The smallest absolute Gasteiger partial charge is 0.143 e. The van der Waals surface area contributed by atoms with Crippen LogP contribution in [0.15, 0.2) is 140 Å². The standard InChI is InChI=1S/C62H77N7/c1-13-42(7)48-22-19-25-54(34-48)67(58-37-51(28-31-63-58)45(10)16-4)57-40-61(68(55-26-20-23-49(35-55)43(8)14-2)59-38-52(29-32-64-59)46(11)17-5)66-62(41-57)69(56-27-21-24-50(36-56)44(9)15-3)60-39-53(30-33-65-60)47(12)18-6/h19-47H,13-18H2,1-12H3. The molecule has 69 heavy (non-hydrogen) atoms. The largest absolute Gasteiger partial charge is 0.295 e. The van der Waals surface area contributed by atoms with Crippen LogP contribution in [0.1, 0.15) is 190 Å². The summed E-state index contributed by atoms with van der Waals surface area (Å²) in [5, 5.41) is 0. The van der Waals surface area contributed by atoms with Crippen molar-refractivity contribution in [3.05, 3.63) is 173 Å². The van der Waals surface area contributed by atoms with Crippen LogP contribution in [0.4, 0.5) is 51.8 Å². The Balaban J connectivity index is 1.63. The molecule has 0 aliphatic rings. The summed E-state index contributed by atoms with van der Waals surface area (Å²) in [4.78, 5) is 28.3. The normalized spacial score (nSPS) is 14.1. The van der Waals surface area contributed by atoms with Gasteiger partial charge in [-0.3, -0.25) is 14.7 Å². The summed E-state index contributed by atoms with van der Waals surface area (Å²) in [6.45, 7) is 27.3. The Kier molecular flexibility index (Phi) is 17.1. The highest BCUT2D eigenvalue weighted by molar-refractivity contribution is 5.85. The number of nitrogens with zero attached hydrogens (tertiary/aromatic N) is 7. The van der Waals surface area contributed by atoms with Gasteiger partial charge in [-0.25, -0.2) is 19.9 Å². The number of hydrogen-bond acceptors (Lipinski definition) is 7. The molecule has 7 rings (SSSR count). The minimum Gasteiger partial charge on any atom is -0.295 e. The van der Waals surface area contributed by atoms with E-state index in [1.54, 1.807) is 0 Å². The number of benzene rings is 3. The molecule has 0 saturated carbocycles. The maximum absolute atomic E-state index is 5.83. The molecule has 0 bridgehead atoms. The van der Waals surface area contributed by atoms with E-state index in [9.17, 15) is 0 Å². The van der Waals surface area contributed by atoms with E-state index in [2.05, 4.69) is 219 Å². The van der Waals surface area contributed by atoms with E-state index in [-0.39, 0.29) is 0 Å². The maximum atomic E-state index is 5.83. The first-order valence-electron chi connectivity index (χ1n) is 26.0. The molecule has 4 aromatic heterocycles. The van der Waals surface area contributed by atoms with Crippen LogP contribution in [-0.4, -0.2) is 19.9 Å². The summed E-state index contributed by atoms with van der Waals surface area (Å²) in [7, 11) is 0. The molecule has 0 aliphatic heterocycles. The Morgan fingerprint density at radius 1 is 0.304 bits per heavy atom. The molecular formula is C62H77N7. The van der Waals surface area contributed by atoms with Crippen LogP contribution in [0, 0.1) is 0 Å². The number of hydrogen-bond donors (Lipinski definition) is 0. The van der Waals surface area contributed by atoms with Crippen molar-refractivity contribution in [2.45, 2.75) is 157 Å². The molecule has 6 atom stereocenters. The second-order valence-corrected chi connectivity index (χ2v) is 19.5. The first-order valence-corrected chi connectivity index (χ1v) is 26.0. The fourth-order valence-electron chi connectivity index (χ4n) is 8.94. The predicted molar refractivity (Wildman–Crippen MR) is 294 cm³/mol. The van der Waals surface area contributed by atoms with Crippen LogP contribution in [0.5, 0.6) is 0 Å². The third-order valence-corrected chi connectivity index (χ3v) is 15.0. The molecule has 0 saturated heterocycles. The molecule has 0 fully saturated rings. The minimum atomic E-state index is 0.351. The third-order valence-electron chi connectivity index (χ3n) is 15.0. The van der Waals surface area contributed by atoms with E-state index < -0.39 is 0 Å². The highest BCUT2D eigenvalue weighted by Gasteiger charge is 2.27. The van der Waals surface area contributed by atoms with E-state index in [0.717, 1.165) is 90.4 Å². The summed E-state index contributed by atoms with van der Waals surface area (Å²) in [6, 6.07) is 44.7. The van der Waals surface area contributed by atoms with Gasteiger partial charge in [0, 0.05) is 47.8 Å². The van der Waals surface area contributed by atoms with Gasteiger partial charge < -0.3 is 0 Å². The van der Waals surface area contributed by atoms with Crippen molar-refractivity contribution in [1.29, 1.82) is 0 Å². The average Bonchev–Trinajstić information content (AvgIpc) is 3.40. The van der Waals surface area contributed by atoms with Crippen LogP contribution in [-0.2, 0) is 0 Å². The molecule has 7 nitrogen and oxygen atoms in total. The zero-order valence-electron chi connectivity index (χ0n) is 43.6. The second-order valence-electron chi connectivity index (χ2n) is 19.5. The predicted octanol–water partition coefficient (Wildman–Crippen LogP) is 18.8. The molecule has 4 heterocycles. The Labute approximate surface area is 415 Å². The summed E-state index contributed by atoms with van der Waals surface area (Å²) < 4.78 is 0. The monoisotopic (exact) mass is 920 g/mol. The van der Waals surface area contributed by atoms with Crippen molar-refractivity contribution in [3.8, 4) is 0 Å². The molecular weight excluding hydrogens is 843 g/mol. The Morgan fingerprint density at radius 3 is 0.884 bits per heavy atom. The van der Waals surface area contributed by atoms with Crippen molar-refractivity contribution in [2.24, 2.45) is 0 Å². The lowest BCUT2D eigenvalue weighted by Crippen LogP contribution is -2.20. The van der Waals surface area contributed by atoms with Crippen LogP contribution in [0.2, 0.25) is 0 Å². The third kappa shape index (κ3) is 11.6. The Bertz CT molecular complexity index is 2290. The first kappa shape index (κ1) is 50.5. The zero-order valence-corrected chi connectivity index (χ0v) is 43.6. The summed E-state index contributed by atoms with van der Waals surface area (Å²) in [6.07, 6.45) is 12.1. The van der Waals surface area contributed by atoms with Crippen molar-refractivity contribution in [1.82, 2.24) is 19.9 Å². The quantitative estimate of drug-likeness (QED) is 0.0711. The minimum absolute atomic E-state index is 0.351. The van der Waals surface area contributed by atoms with Gasteiger partial charge >= 0.3 is 0 Å². The number of anilines is 9. The van der Waals surface area contributed by atoms with Gasteiger partial charge in [0.25, 0.3) is 0 Å².